The van der Waals surface area contributed by atoms with Crippen molar-refractivity contribution in [3.63, 3.8) is 0 Å². The van der Waals surface area contributed by atoms with E-state index < -0.39 is 0 Å². The van der Waals surface area contributed by atoms with Crippen molar-refractivity contribution in [3.05, 3.63) is 0 Å². The van der Waals surface area contributed by atoms with Crippen LogP contribution in [0.1, 0.15) is 32.6 Å². The maximum atomic E-state index is 11.4. The number of carbonyl (C=O) groups excluding carboxylic acids is 1. The Hall–Kier alpha value is -0.220. The van der Waals surface area contributed by atoms with Crippen molar-refractivity contribution in [2.75, 3.05) is 12.8 Å². The van der Waals surface area contributed by atoms with Crippen molar-refractivity contribution < 1.29 is 4.79 Å². The maximum Gasteiger partial charge on any atom is 0.236 e. The van der Waals surface area contributed by atoms with Gasteiger partial charge in [0.25, 0.3) is 0 Å². The van der Waals surface area contributed by atoms with Gasteiger partial charge in [-0.3, -0.25) is 4.79 Å². The van der Waals surface area contributed by atoms with Gasteiger partial charge in [0.1, 0.15) is 0 Å². The fourth-order valence-corrected chi connectivity index (χ4v) is 2.50. The monoisotopic (exact) mass is 216 g/mol. The number of amides is 1. The Morgan fingerprint density at radius 2 is 2.29 bits per heavy atom. The van der Waals surface area contributed by atoms with Crippen LogP contribution in [0.15, 0.2) is 0 Å². The van der Waals surface area contributed by atoms with Gasteiger partial charge in [-0.1, -0.05) is 13.3 Å². The summed E-state index contributed by atoms with van der Waals surface area (Å²) in [5.41, 5.74) is 5.63. The molecule has 0 aromatic heterocycles. The Kier molecular flexibility index (Phi) is 4.26. The molecule has 0 aromatic carbocycles. The summed E-state index contributed by atoms with van der Waals surface area (Å²) in [5, 5.41) is 2.94. The second kappa shape index (κ2) is 5.03. The van der Waals surface area contributed by atoms with Crippen LogP contribution in [0.4, 0.5) is 0 Å². The van der Waals surface area contributed by atoms with E-state index in [-0.39, 0.29) is 11.9 Å². The van der Waals surface area contributed by atoms with Crippen LogP contribution in [-0.2, 0) is 4.79 Å². The van der Waals surface area contributed by atoms with Crippen LogP contribution in [0, 0.1) is 0 Å². The van der Waals surface area contributed by atoms with E-state index in [4.69, 9.17) is 5.73 Å². The Labute approximate surface area is 90.2 Å². The third-order valence-corrected chi connectivity index (χ3v) is 4.48. The number of hydrogen-bond acceptors (Lipinski definition) is 3. The second-order valence-corrected chi connectivity index (χ2v) is 5.25. The molecule has 0 saturated heterocycles. The normalized spacial score (nSPS) is 21.1. The van der Waals surface area contributed by atoms with Gasteiger partial charge in [-0.2, -0.15) is 11.8 Å². The molecule has 4 heteroatoms. The lowest BCUT2D eigenvalue weighted by Gasteiger charge is -2.40. The predicted molar refractivity (Wildman–Crippen MR) is 61.4 cm³/mol. The van der Waals surface area contributed by atoms with Crippen molar-refractivity contribution >= 4 is 17.7 Å². The highest BCUT2D eigenvalue weighted by atomic mass is 32.2. The second-order valence-electron chi connectivity index (χ2n) is 3.97. The topological polar surface area (TPSA) is 55.1 Å². The molecule has 0 heterocycles. The van der Waals surface area contributed by atoms with Crippen LogP contribution in [0.2, 0.25) is 0 Å². The molecule has 1 fully saturated rings. The van der Waals surface area contributed by atoms with Crippen molar-refractivity contribution in [1.82, 2.24) is 5.32 Å². The van der Waals surface area contributed by atoms with Gasteiger partial charge in [0.15, 0.2) is 0 Å². The zero-order valence-corrected chi connectivity index (χ0v) is 9.82. The van der Waals surface area contributed by atoms with Crippen LogP contribution in [0.3, 0.4) is 0 Å². The molecule has 0 unspecified atom stereocenters. The minimum atomic E-state index is -0.339. The lowest BCUT2D eigenvalue weighted by atomic mass is 9.84. The van der Waals surface area contributed by atoms with Gasteiger partial charge >= 0.3 is 0 Å². The van der Waals surface area contributed by atoms with Gasteiger partial charge in [-0.25, -0.2) is 0 Å². The molecule has 0 bridgehead atoms. The van der Waals surface area contributed by atoms with E-state index in [0.29, 0.717) is 11.2 Å². The molecule has 14 heavy (non-hydrogen) atoms. The number of carbonyl (C=O) groups is 1. The molecule has 0 spiro atoms. The first-order valence-electron chi connectivity index (χ1n) is 5.22. The molecular weight excluding hydrogens is 196 g/mol. The highest BCUT2D eigenvalue weighted by molar-refractivity contribution is 8.00. The minimum Gasteiger partial charge on any atom is -0.353 e. The fourth-order valence-electron chi connectivity index (χ4n) is 1.59. The number of nitrogens with two attached hydrogens (primary N) is 1. The van der Waals surface area contributed by atoms with Gasteiger partial charge in [0, 0.05) is 11.3 Å². The minimum absolute atomic E-state index is 0.00664. The van der Waals surface area contributed by atoms with Crippen LogP contribution < -0.4 is 11.1 Å². The standard InChI is InChI=1S/C10H20N2OS/c1-3-8(11)9(13)12-7-10(14-2)5-4-6-10/h8H,3-7,11H2,1-2H3,(H,12,13)/t8-/m0/s1. The molecule has 0 radical (unpaired) electrons. The molecule has 1 saturated carbocycles. The highest BCUT2D eigenvalue weighted by Gasteiger charge is 2.36. The van der Waals surface area contributed by atoms with E-state index >= 15 is 0 Å². The van der Waals surface area contributed by atoms with Crippen molar-refractivity contribution in [1.29, 1.82) is 0 Å². The van der Waals surface area contributed by atoms with E-state index in [0.717, 1.165) is 6.54 Å². The van der Waals surface area contributed by atoms with E-state index in [1.165, 1.54) is 19.3 Å². The number of rotatable bonds is 5. The molecule has 1 aliphatic rings. The van der Waals surface area contributed by atoms with E-state index in [1.807, 2.05) is 18.7 Å². The molecule has 3 nitrogen and oxygen atoms in total. The molecule has 0 aliphatic heterocycles. The first-order valence-corrected chi connectivity index (χ1v) is 6.44. The molecule has 82 valence electrons. The summed E-state index contributed by atoms with van der Waals surface area (Å²) in [7, 11) is 0. The number of hydrogen-bond donors (Lipinski definition) is 2. The lowest BCUT2D eigenvalue weighted by Crippen LogP contribution is -2.49. The van der Waals surface area contributed by atoms with Crippen molar-refractivity contribution in [2.45, 2.75) is 43.4 Å². The first-order chi connectivity index (χ1) is 6.63. The summed E-state index contributed by atoms with van der Waals surface area (Å²) >= 11 is 1.86. The molecule has 1 aliphatic carbocycles. The highest BCUT2D eigenvalue weighted by Crippen LogP contribution is 2.42. The largest absolute Gasteiger partial charge is 0.353 e. The Morgan fingerprint density at radius 3 is 2.64 bits per heavy atom. The van der Waals surface area contributed by atoms with Crippen molar-refractivity contribution in [3.8, 4) is 0 Å². The Balaban J connectivity index is 2.28. The van der Waals surface area contributed by atoms with Gasteiger partial charge in [-0.05, 0) is 25.5 Å². The van der Waals surface area contributed by atoms with Crippen molar-refractivity contribution in [2.24, 2.45) is 5.73 Å². The molecule has 1 amide bonds. The number of nitrogens with one attached hydrogen (secondary N) is 1. The third-order valence-electron chi connectivity index (χ3n) is 3.06. The zero-order valence-electron chi connectivity index (χ0n) is 9.01. The summed E-state index contributed by atoms with van der Waals surface area (Å²) in [4.78, 5) is 11.4. The van der Waals surface area contributed by atoms with E-state index in [1.54, 1.807) is 0 Å². The van der Waals surface area contributed by atoms with Crippen LogP contribution >= 0.6 is 11.8 Å². The van der Waals surface area contributed by atoms with E-state index in [9.17, 15) is 4.79 Å². The van der Waals surface area contributed by atoms with Crippen LogP contribution in [0.5, 0.6) is 0 Å². The molecular formula is C10H20N2OS. The van der Waals surface area contributed by atoms with Crippen LogP contribution in [0.25, 0.3) is 0 Å². The Bertz CT molecular complexity index is 199. The molecule has 1 atom stereocenters. The summed E-state index contributed by atoms with van der Waals surface area (Å²) < 4.78 is 0.309. The number of thioether (sulfide) groups is 1. The molecule has 0 aromatic rings. The van der Waals surface area contributed by atoms with Gasteiger partial charge < -0.3 is 11.1 Å². The molecule has 3 N–H and O–H groups in total. The van der Waals surface area contributed by atoms with Gasteiger partial charge in [0.05, 0.1) is 6.04 Å². The predicted octanol–water partition coefficient (Wildman–Crippen LogP) is 1.13. The summed E-state index contributed by atoms with van der Waals surface area (Å²) in [6.45, 7) is 2.71. The van der Waals surface area contributed by atoms with Gasteiger partial charge in [0.2, 0.25) is 5.91 Å². The maximum absolute atomic E-state index is 11.4. The Morgan fingerprint density at radius 1 is 1.64 bits per heavy atom. The summed E-state index contributed by atoms with van der Waals surface area (Å²) in [5.74, 6) is -0.00664. The fraction of sp³-hybridized carbons (Fsp3) is 0.900. The quantitative estimate of drug-likeness (QED) is 0.724. The van der Waals surface area contributed by atoms with Crippen LogP contribution in [-0.4, -0.2) is 29.5 Å². The average Bonchev–Trinajstić information content (AvgIpc) is 2.15. The molecule has 1 rings (SSSR count). The zero-order chi connectivity index (χ0) is 10.6. The smallest absolute Gasteiger partial charge is 0.236 e. The lowest BCUT2D eigenvalue weighted by molar-refractivity contribution is -0.122. The summed E-state index contributed by atoms with van der Waals surface area (Å²) in [6.07, 6.45) is 6.55. The third kappa shape index (κ3) is 2.64. The first kappa shape index (κ1) is 11.9. The van der Waals surface area contributed by atoms with Gasteiger partial charge in [-0.15, -0.1) is 0 Å². The van der Waals surface area contributed by atoms with E-state index in [2.05, 4.69) is 11.6 Å². The SMILES string of the molecule is CC[C@H](N)C(=O)NCC1(SC)CCC1. The average molecular weight is 216 g/mol. The summed E-state index contributed by atoms with van der Waals surface area (Å²) in [6, 6.07) is -0.339.